The Bertz CT molecular complexity index is 999. The SMILES string of the molecule is Clc1cccc(Cl)c1-c1nc2ccnc(Nc3ccncn3)c2s1. The van der Waals surface area contributed by atoms with Crippen LogP contribution in [0, 0.1) is 0 Å². The number of aromatic nitrogens is 4. The van der Waals surface area contributed by atoms with Crippen LogP contribution in [-0.4, -0.2) is 19.9 Å². The van der Waals surface area contributed by atoms with Crippen LogP contribution in [0.2, 0.25) is 10.0 Å². The van der Waals surface area contributed by atoms with Crippen molar-refractivity contribution in [1.82, 2.24) is 19.9 Å². The predicted molar refractivity (Wildman–Crippen MR) is 98.2 cm³/mol. The second kappa shape index (κ2) is 6.32. The van der Waals surface area contributed by atoms with Gasteiger partial charge in [-0.15, -0.1) is 11.3 Å². The Kier molecular flexibility index (Phi) is 4.02. The number of benzene rings is 1. The van der Waals surface area contributed by atoms with E-state index in [1.165, 1.54) is 17.7 Å². The summed E-state index contributed by atoms with van der Waals surface area (Å²) in [5.41, 5.74) is 1.55. The fourth-order valence-corrected chi connectivity index (χ4v) is 4.01. The Morgan fingerprint density at radius 3 is 2.54 bits per heavy atom. The molecule has 4 aromatic rings. The molecule has 0 bridgehead atoms. The van der Waals surface area contributed by atoms with Crippen LogP contribution in [0.1, 0.15) is 0 Å². The molecule has 5 nitrogen and oxygen atoms in total. The standard InChI is InChI=1S/C16H9Cl2N5S/c17-9-2-1-3-10(18)13(9)16-22-11-4-7-20-15(14(11)24-16)23-12-5-6-19-8-21-12/h1-8H,(H,19,20,21,23). The van der Waals surface area contributed by atoms with Crippen molar-refractivity contribution in [3.63, 3.8) is 0 Å². The second-order valence-corrected chi connectivity index (χ2v) is 6.66. The van der Waals surface area contributed by atoms with Gasteiger partial charge in [0.05, 0.1) is 20.3 Å². The van der Waals surface area contributed by atoms with Crippen LogP contribution in [0.15, 0.2) is 49.1 Å². The second-order valence-electron chi connectivity index (χ2n) is 4.84. The number of rotatable bonds is 3. The number of nitrogens with zero attached hydrogens (tertiary/aromatic N) is 4. The first-order valence-corrected chi connectivity index (χ1v) is 8.52. The lowest BCUT2D eigenvalue weighted by Gasteiger charge is -2.04. The molecule has 118 valence electrons. The lowest BCUT2D eigenvalue weighted by molar-refractivity contribution is 1.16. The molecule has 0 saturated carbocycles. The fraction of sp³-hybridized carbons (Fsp3) is 0. The smallest absolute Gasteiger partial charge is 0.151 e. The predicted octanol–water partition coefficient (Wildman–Crippen LogP) is 5.20. The van der Waals surface area contributed by atoms with Gasteiger partial charge in [-0.05, 0) is 24.3 Å². The van der Waals surface area contributed by atoms with Gasteiger partial charge >= 0.3 is 0 Å². The van der Waals surface area contributed by atoms with Gasteiger partial charge in [0.15, 0.2) is 5.82 Å². The molecule has 0 aliphatic heterocycles. The van der Waals surface area contributed by atoms with Crippen LogP contribution in [0.5, 0.6) is 0 Å². The minimum atomic E-state index is 0.569. The summed E-state index contributed by atoms with van der Waals surface area (Å²) >= 11 is 14.1. The summed E-state index contributed by atoms with van der Waals surface area (Å²) in [7, 11) is 0. The first-order chi connectivity index (χ1) is 11.7. The van der Waals surface area contributed by atoms with E-state index in [0.29, 0.717) is 21.7 Å². The van der Waals surface area contributed by atoms with Crippen LogP contribution >= 0.6 is 34.5 Å². The number of nitrogens with one attached hydrogen (secondary N) is 1. The van der Waals surface area contributed by atoms with Crippen molar-refractivity contribution < 1.29 is 0 Å². The average molecular weight is 374 g/mol. The number of fused-ring (bicyclic) bond motifs is 1. The van der Waals surface area contributed by atoms with Gasteiger partial charge in [-0.3, -0.25) is 0 Å². The lowest BCUT2D eigenvalue weighted by Crippen LogP contribution is -1.95. The molecular weight excluding hydrogens is 365 g/mol. The summed E-state index contributed by atoms with van der Waals surface area (Å²) in [6.45, 7) is 0. The van der Waals surface area contributed by atoms with Crippen molar-refractivity contribution in [2.45, 2.75) is 0 Å². The van der Waals surface area contributed by atoms with E-state index < -0.39 is 0 Å². The van der Waals surface area contributed by atoms with Crippen LogP contribution in [0.25, 0.3) is 20.8 Å². The van der Waals surface area contributed by atoms with E-state index in [2.05, 4.69) is 25.3 Å². The van der Waals surface area contributed by atoms with Crippen LogP contribution in [0.3, 0.4) is 0 Å². The molecule has 0 aliphatic carbocycles. The number of pyridine rings is 1. The van der Waals surface area contributed by atoms with E-state index in [9.17, 15) is 0 Å². The third-order valence-electron chi connectivity index (χ3n) is 3.31. The van der Waals surface area contributed by atoms with Gasteiger partial charge < -0.3 is 5.32 Å². The summed E-state index contributed by atoms with van der Waals surface area (Å²) in [6, 6.07) is 9.03. The van der Waals surface area contributed by atoms with Gasteiger partial charge in [-0.1, -0.05) is 29.3 Å². The maximum Gasteiger partial charge on any atom is 0.151 e. The third kappa shape index (κ3) is 2.80. The molecule has 8 heteroatoms. The van der Waals surface area contributed by atoms with Crippen molar-refractivity contribution >= 4 is 56.4 Å². The highest BCUT2D eigenvalue weighted by molar-refractivity contribution is 7.22. The van der Waals surface area contributed by atoms with E-state index in [1.807, 2.05) is 12.1 Å². The Labute approximate surface area is 151 Å². The van der Waals surface area contributed by atoms with E-state index >= 15 is 0 Å². The van der Waals surface area contributed by atoms with Gasteiger partial charge in [-0.25, -0.2) is 19.9 Å². The van der Waals surface area contributed by atoms with Crippen molar-refractivity contribution in [2.24, 2.45) is 0 Å². The van der Waals surface area contributed by atoms with Crippen molar-refractivity contribution in [3.8, 4) is 10.6 Å². The molecule has 1 aromatic carbocycles. The molecule has 0 radical (unpaired) electrons. The summed E-state index contributed by atoms with van der Waals surface area (Å²) in [4.78, 5) is 17.1. The highest BCUT2D eigenvalue weighted by Gasteiger charge is 2.15. The number of hydrogen-bond donors (Lipinski definition) is 1. The number of anilines is 2. The molecule has 0 aliphatic rings. The number of thiazole rings is 1. The zero-order valence-corrected chi connectivity index (χ0v) is 14.4. The maximum atomic E-state index is 6.30. The molecule has 3 heterocycles. The molecular formula is C16H9Cl2N5S. The molecule has 1 N–H and O–H groups in total. The summed E-state index contributed by atoms with van der Waals surface area (Å²) in [6.07, 6.45) is 4.84. The van der Waals surface area contributed by atoms with Crippen molar-refractivity contribution in [2.75, 3.05) is 5.32 Å². The van der Waals surface area contributed by atoms with E-state index in [-0.39, 0.29) is 0 Å². The largest absolute Gasteiger partial charge is 0.324 e. The topological polar surface area (TPSA) is 63.6 Å². The zero-order chi connectivity index (χ0) is 16.5. The first kappa shape index (κ1) is 15.3. The molecule has 24 heavy (non-hydrogen) atoms. The first-order valence-electron chi connectivity index (χ1n) is 6.95. The van der Waals surface area contributed by atoms with E-state index in [4.69, 9.17) is 23.2 Å². The Balaban J connectivity index is 1.83. The normalized spacial score (nSPS) is 10.9. The van der Waals surface area contributed by atoms with Gasteiger partial charge in [-0.2, -0.15) is 0 Å². The minimum absolute atomic E-state index is 0.569. The van der Waals surface area contributed by atoms with Crippen molar-refractivity contribution in [1.29, 1.82) is 0 Å². The van der Waals surface area contributed by atoms with Gasteiger partial charge in [0, 0.05) is 18.0 Å². The number of halogens is 2. The Hall–Kier alpha value is -2.28. The van der Waals surface area contributed by atoms with E-state index in [1.54, 1.807) is 30.6 Å². The van der Waals surface area contributed by atoms with Crippen LogP contribution in [0.4, 0.5) is 11.6 Å². The maximum absolute atomic E-state index is 6.30. The quantitative estimate of drug-likeness (QED) is 0.534. The molecule has 0 amide bonds. The molecule has 3 aromatic heterocycles. The summed E-state index contributed by atoms with van der Waals surface area (Å²) < 4.78 is 0.905. The van der Waals surface area contributed by atoms with Crippen molar-refractivity contribution in [3.05, 3.63) is 59.1 Å². The third-order valence-corrected chi connectivity index (χ3v) is 5.03. The molecule has 0 atom stereocenters. The number of hydrogen-bond acceptors (Lipinski definition) is 6. The Morgan fingerprint density at radius 2 is 1.79 bits per heavy atom. The fourth-order valence-electron chi connectivity index (χ4n) is 2.24. The average Bonchev–Trinajstić information content (AvgIpc) is 3.00. The van der Waals surface area contributed by atoms with E-state index in [0.717, 1.165) is 20.8 Å². The molecule has 0 saturated heterocycles. The highest BCUT2D eigenvalue weighted by atomic mass is 35.5. The van der Waals surface area contributed by atoms with Crippen LogP contribution < -0.4 is 5.32 Å². The molecule has 0 unspecified atom stereocenters. The lowest BCUT2D eigenvalue weighted by atomic mass is 10.2. The zero-order valence-electron chi connectivity index (χ0n) is 12.1. The molecule has 0 fully saturated rings. The molecule has 4 rings (SSSR count). The van der Waals surface area contributed by atoms with Gasteiger partial charge in [0.2, 0.25) is 0 Å². The van der Waals surface area contributed by atoms with Gasteiger partial charge in [0.25, 0.3) is 0 Å². The highest BCUT2D eigenvalue weighted by Crippen LogP contribution is 2.40. The minimum Gasteiger partial charge on any atom is -0.324 e. The molecule has 0 spiro atoms. The summed E-state index contributed by atoms with van der Waals surface area (Å²) in [5.74, 6) is 1.34. The Morgan fingerprint density at radius 1 is 0.958 bits per heavy atom. The van der Waals surface area contributed by atoms with Crippen LogP contribution in [-0.2, 0) is 0 Å². The van der Waals surface area contributed by atoms with Gasteiger partial charge in [0.1, 0.15) is 17.2 Å². The summed E-state index contributed by atoms with van der Waals surface area (Å²) in [5, 5.41) is 5.07. The monoisotopic (exact) mass is 373 g/mol.